The van der Waals surface area contributed by atoms with Gasteiger partial charge in [0, 0.05) is 12.3 Å². The number of thioether (sulfide) groups is 1. The molecule has 4 nitrogen and oxygen atoms in total. The third kappa shape index (κ3) is 3.79. The number of nitro benzene ring substituents is 1. The van der Waals surface area contributed by atoms with Gasteiger partial charge in [0.15, 0.2) is 0 Å². The Labute approximate surface area is 97.6 Å². The van der Waals surface area contributed by atoms with Crippen molar-refractivity contribution in [1.82, 2.24) is 4.90 Å². The zero-order valence-corrected chi connectivity index (χ0v) is 9.96. The molecule has 88 valence electrons. The summed E-state index contributed by atoms with van der Waals surface area (Å²) in [6.45, 7) is 0.819. The number of hydrogen-bond acceptors (Lipinski definition) is 4. The highest BCUT2D eigenvalue weighted by Gasteiger charge is 2.14. The van der Waals surface area contributed by atoms with E-state index < -0.39 is 10.7 Å². The van der Waals surface area contributed by atoms with Crippen molar-refractivity contribution in [2.24, 2.45) is 0 Å². The van der Waals surface area contributed by atoms with Crippen molar-refractivity contribution >= 4 is 17.4 Å². The first kappa shape index (κ1) is 12.9. The number of hydrogen-bond donors (Lipinski definition) is 0. The molecule has 0 aliphatic carbocycles. The maximum absolute atomic E-state index is 12.8. The highest BCUT2D eigenvalue weighted by atomic mass is 32.2. The standard InChI is InChI=1S/C10H13FN2O2S/c1-12(2)5-6-16-10-4-3-8(11)7-9(10)13(14)15/h3-4,7H,5-6H2,1-2H3. The summed E-state index contributed by atoms with van der Waals surface area (Å²) in [5.74, 6) is 0.156. The van der Waals surface area contributed by atoms with Gasteiger partial charge in [-0.3, -0.25) is 10.1 Å². The fraction of sp³-hybridized carbons (Fsp3) is 0.400. The molecular weight excluding hydrogens is 231 g/mol. The SMILES string of the molecule is CN(C)CCSc1ccc(F)cc1[N+](=O)[O-]. The van der Waals surface area contributed by atoms with Gasteiger partial charge in [-0.2, -0.15) is 0 Å². The number of rotatable bonds is 5. The highest BCUT2D eigenvalue weighted by molar-refractivity contribution is 7.99. The van der Waals surface area contributed by atoms with E-state index in [0.29, 0.717) is 4.90 Å². The number of benzene rings is 1. The lowest BCUT2D eigenvalue weighted by Gasteiger charge is -2.08. The van der Waals surface area contributed by atoms with Crippen LogP contribution in [0.5, 0.6) is 0 Å². The average Bonchev–Trinajstić information content (AvgIpc) is 2.19. The summed E-state index contributed by atoms with van der Waals surface area (Å²) >= 11 is 1.36. The molecule has 0 fully saturated rings. The first-order valence-electron chi connectivity index (χ1n) is 4.72. The van der Waals surface area contributed by atoms with Crippen molar-refractivity contribution < 1.29 is 9.31 Å². The Hall–Kier alpha value is -1.14. The Morgan fingerprint density at radius 1 is 1.50 bits per heavy atom. The van der Waals surface area contributed by atoms with Crippen LogP contribution in [0.4, 0.5) is 10.1 Å². The van der Waals surface area contributed by atoms with E-state index in [1.807, 2.05) is 19.0 Å². The third-order valence-electron chi connectivity index (χ3n) is 1.91. The van der Waals surface area contributed by atoms with Gasteiger partial charge >= 0.3 is 0 Å². The second-order valence-corrected chi connectivity index (χ2v) is 4.66. The predicted octanol–water partition coefficient (Wildman–Crippen LogP) is 2.39. The molecule has 0 aromatic heterocycles. The normalized spacial score (nSPS) is 10.8. The molecular formula is C10H13FN2O2S. The summed E-state index contributed by atoms with van der Waals surface area (Å²) in [6.07, 6.45) is 0. The van der Waals surface area contributed by atoms with Crippen molar-refractivity contribution in [3.05, 3.63) is 34.1 Å². The van der Waals surface area contributed by atoms with E-state index >= 15 is 0 Å². The molecule has 0 amide bonds. The molecule has 0 bridgehead atoms. The van der Waals surface area contributed by atoms with Gasteiger partial charge in [0.05, 0.1) is 15.9 Å². The zero-order valence-electron chi connectivity index (χ0n) is 9.14. The fourth-order valence-corrected chi connectivity index (χ4v) is 2.22. The maximum Gasteiger partial charge on any atom is 0.285 e. The molecule has 0 aliphatic rings. The molecule has 16 heavy (non-hydrogen) atoms. The summed E-state index contributed by atoms with van der Waals surface area (Å²) < 4.78 is 12.8. The fourth-order valence-electron chi connectivity index (χ4n) is 1.09. The monoisotopic (exact) mass is 244 g/mol. The quantitative estimate of drug-likeness (QED) is 0.453. The number of nitrogens with zero attached hydrogens (tertiary/aromatic N) is 2. The highest BCUT2D eigenvalue weighted by Crippen LogP contribution is 2.29. The van der Waals surface area contributed by atoms with E-state index in [-0.39, 0.29) is 5.69 Å². The Morgan fingerprint density at radius 3 is 2.75 bits per heavy atom. The molecule has 0 saturated heterocycles. The molecule has 0 heterocycles. The number of halogens is 1. The molecule has 0 N–H and O–H groups in total. The third-order valence-corrected chi connectivity index (χ3v) is 2.96. The first-order valence-corrected chi connectivity index (χ1v) is 5.70. The summed E-state index contributed by atoms with van der Waals surface area (Å²) in [6, 6.07) is 3.65. The first-order chi connectivity index (χ1) is 7.50. The van der Waals surface area contributed by atoms with Crippen LogP contribution < -0.4 is 0 Å². The minimum absolute atomic E-state index is 0.163. The molecule has 0 atom stereocenters. The van der Waals surface area contributed by atoms with E-state index in [1.165, 1.54) is 23.9 Å². The van der Waals surface area contributed by atoms with Gasteiger partial charge < -0.3 is 4.90 Å². The van der Waals surface area contributed by atoms with E-state index in [1.54, 1.807) is 0 Å². The van der Waals surface area contributed by atoms with Crippen LogP contribution in [0.3, 0.4) is 0 Å². The van der Waals surface area contributed by atoms with Crippen molar-refractivity contribution in [3.63, 3.8) is 0 Å². The second kappa shape index (κ2) is 5.81. The Balaban J connectivity index is 2.75. The summed E-state index contributed by atoms with van der Waals surface area (Å²) in [5, 5.41) is 10.7. The van der Waals surface area contributed by atoms with E-state index in [2.05, 4.69) is 0 Å². The Morgan fingerprint density at radius 2 is 2.19 bits per heavy atom. The predicted molar refractivity (Wildman–Crippen MR) is 62.3 cm³/mol. The van der Waals surface area contributed by atoms with Gasteiger partial charge in [-0.05, 0) is 26.2 Å². The topological polar surface area (TPSA) is 46.4 Å². The van der Waals surface area contributed by atoms with Crippen molar-refractivity contribution in [1.29, 1.82) is 0 Å². The summed E-state index contributed by atoms with van der Waals surface area (Å²) in [4.78, 5) is 12.6. The molecule has 0 aliphatic heterocycles. The Bertz CT molecular complexity index is 385. The molecule has 1 aromatic carbocycles. The lowest BCUT2D eigenvalue weighted by atomic mass is 10.3. The van der Waals surface area contributed by atoms with Crippen molar-refractivity contribution in [2.45, 2.75) is 4.90 Å². The molecule has 0 spiro atoms. The van der Waals surface area contributed by atoms with Gasteiger partial charge in [0.2, 0.25) is 0 Å². The molecule has 1 rings (SSSR count). The molecule has 6 heteroatoms. The maximum atomic E-state index is 12.8. The van der Waals surface area contributed by atoms with Crippen LogP contribution in [0.15, 0.2) is 23.1 Å². The van der Waals surface area contributed by atoms with Gasteiger partial charge in [-0.1, -0.05) is 0 Å². The van der Waals surface area contributed by atoms with Gasteiger partial charge in [0.1, 0.15) is 5.82 Å². The van der Waals surface area contributed by atoms with Gasteiger partial charge in [0.25, 0.3) is 5.69 Å². The van der Waals surface area contributed by atoms with Crippen LogP contribution in [0, 0.1) is 15.9 Å². The second-order valence-electron chi connectivity index (χ2n) is 3.52. The van der Waals surface area contributed by atoms with E-state index in [0.717, 1.165) is 18.4 Å². The van der Waals surface area contributed by atoms with E-state index in [9.17, 15) is 14.5 Å². The zero-order chi connectivity index (χ0) is 12.1. The van der Waals surface area contributed by atoms with E-state index in [4.69, 9.17) is 0 Å². The molecule has 0 saturated carbocycles. The van der Waals surface area contributed by atoms with Crippen LogP contribution in [0.25, 0.3) is 0 Å². The molecule has 1 aromatic rings. The van der Waals surface area contributed by atoms with Crippen LogP contribution in [-0.2, 0) is 0 Å². The largest absolute Gasteiger partial charge is 0.309 e. The summed E-state index contributed by atoms with van der Waals surface area (Å²) in [7, 11) is 3.86. The van der Waals surface area contributed by atoms with Crippen LogP contribution in [0.1, 0.15) is 0 Å². The molecule has 0 unspecified atom stereocenters. The Kier molecular flexibility index (Phi) is 4.70. The summed E-state index contributed by atoms with van der Waals surface area (Å²) in [5.41, 5.74) is -0.163. The van der Waals surface area contributed by atoms with Crippen LogP contribution >= 0.6 is 11.8 Å². The van der Waals surface area contributed by atoms with Gasteiger partial charge in [-0.25, -0.2) is 4.39 Å². The van der Waals surface area contributed by atoms with Crippen LogP contribution in [-0.4, -0.2) is 36.2 Å². The van der Waals surface area contributed by atoms with Crippen LogP contribution in [0.2, 0.25) is 0 Å². The van der Waals surface area contributed by atoms with Crippen molar-refractivity contribution in [2.75, 3.05) is 26.4 Å². The molecule has 0 radical (unpaired) electrons. The lowest BCUT2D eigenvalue weighted by molar-refractivity contribution is -0.387. The lowest BCUT2D eigenvalue weighted by Crippen LogP contribution is -2.14. The average molecular weight is 244 g/mol. The number of nitro groups is 1. The minimum atomic E-state index is -0.580. The minimum Gasteiger partial charge on any atom is -0.309 e. The van der Waals surface area contributed by atoms with Crippen molar-refractivity contribution in [3.8, 4) is 0 Å². The smallest absolute Gasteiger partial charge is 0.285 e. The van der Waals surface area contributed by atoms with Gasteiger partial charge in [-0.15, -0.1) is 11.8 Å².